The maximum absolute atomic E-state index is 14.2. The lowest BCUT2D eigenvalue weighted by Crippen LogP contribution is -2.14. The van der Waals surface area contributed by atoms with E-state index >= 15 is 0 Å². The average molecular weight is 473 g/mol. The molecule has 0 spiro atoms. The number of benzene rings is 2. The predicted octanol–water partition coefficient (Wildman–Crippen LogP) is 5.89. The Labute approximate surface area is 170 Å². The molecule has 0 atom stereocenters. The lowest BCUT2D eigenvalue weighted by Gasteiger charge is -2.13. The van der Waals surface area contributed by atoms with E-state index in [1.165, 1.54) is 24.3 Å². The highest BCUT2D eigenvalue weighted by molar-refractivity contribution is 9.10. The van der Waals surface area contributed by atoms with E-state index in [0.717, 1.165) is 11.6 Å². The van der Waals surface area contributed by atoms with Crippen LogP contribution in [0.25, 0.3) is 5.57 Å². The largest absolute Gasteiger partial charge is 0.505 e. The van der Waals surface area contributed by atoms with Gasteiger partial charge in [-0.2, -0.15) is 0 Å². The molecule has 0 heterocycles. The Bertz CT molecular complexity index is 1050. The van der Waals surface area contributed by atoms with Crippen LogP contribution < -0.4 is 4.72 Å². The molecule has 0 amide bonds. The number of phenols is 1. The quantitative estimate of drug-likeness (QED) is 0.515. The summed E-state index contributed by atoms with van der Waals surface area (Å²) in [5.74, 6) is -1.38. The molecule has 0 aromatic heterocycles. The summed E-state index contributed by atoms with van der Waals surface area (Å²) >= 11 is 8.94. The van der Waals surface area contributed by atoms with Gasteiger partial charge in [-0.15, -0.1) is 0 Å². The van der Waals surface area contributed by atoms with Crippen molar-refractivity contribution in [2.24, 2.45) is 0 Å². The molecule has 0 aliphatic carbocycles. The van der Waals surface area contributed by atoms with Crippen molar-refractivity contribution in [3.8, 4) is 5.75 Å². The van der Waals surface area contributed by atoms with Gasteiger partial charge in [-0.25, -0.2) is 12.8 Å². The van der Waals surface area contributed by atoms with E-state index in [9.17, 15) is 17.9 Å². The van der Waals surface area contributed by atoms with Crippen LogP contribution in [-0.2, 0) is 10.0 Å². The van der Waals surface area contributed by atoms with Gasteiger partial charge in [0.15, 0.2) is 5.75 Å². The summed E-state index contributed by atoms with van der Waals surface area (Å²) in [6.07, 6.45) is 6.87. The Morgan fingerprint density at radius 3 is 2.67 bits per heavy atom. The molecule has 2 aromatic carbocycles. The van der Waals surface area contributed by atoms with Crippen LogP contribution in [0, 0.1) is 5.82 Å². The maximum atomic E-state index is 14.2. The van der Waals surface area contributed by atoms with Crippen molar-refractivity contribution in [2.75, 3.05) is 4.72 Å². The Hall–Kier alpha value is -2.09. The molecular weight excluding hydrogens is 457 g/mol. The number of halogens is 3. The number of phenolic OH excluding ortho intramolecular Hbond substituents is 1. The Morgan fingerprint density at radius 2 is 2.04 bits per heavy atom. The summed E-state index contributed by atoms with van der Waals surface area (Å²) in [5, 5.41) is 9.84. The van der Waals surface area contributed by atoms with E-state index in [0.29, 0.717) is 10.0 Å². The molecule has 0 fully saturated rings. The molecule has 0 radical (unpaired) electrons. The molecule has 0 saturated heterocycles. The zero-order valence-corrected chi connectivity index (χ0v) is 17.4. The molecule has 0 aliphatic heterocycles. The van der Waals surface area contributed by atoms with E-state index in [2.05, 4.69) is 27.2 Å². The number of sulfonamides is 1. The summed E-state index contributed by atoms with van der Waals surface area (Å²) in [6, 6.07) is 6.56. The van der Waals surface area contributed by atoms with Crippen molar-refractivity contribution in [3.63, 3.8) is 0 Å². The van der Waals surface area contributed by atoms with Crippen LogP contribution in [-0.4, -0.2) is 13.5 Å². The van der Waals surface area contributed by atoms with Crippen LogP contribution in [0.2, 0.25) is 5.02 Å². The van der Waals surface area contributed by atoms with Gasteiger partial charge in [0.1, 0.15) is 10.7 Å². The zero-order valence-electron chi connectivity index (χ0n) is 14.2. The van der Waals surface area contributed by atoms with Crippen LogP contribution in [0.15, 0.2) is 70.6 Å². The fourth-order valence-electron chi connectivity index (χ4n) is 2.28. The first-order chi connectivity index (χ1) is 12.7. The first-order valence-electron chi connectivity index (χ1n) is 7.65. The SMILES string of the molecule is C=C/C=C(\C=C/C)c1ccc(F)c(NS(=O)(=O)c2cc(Br)cc(Cl)c2O)c1. The first kappa shape index (κ1) is 21.2. The number of nitrogens with one attached hydrogen (secondary N) is 1. The van der Waals surface area contributed by atoms with Gasteiger partial charge in [0.2, 0.25) is 0 Å². The highest BCUT2D eigenvalue weighted by atomic mass is 79.9. The van der Waals surface area contributed by atoms with Gasteiger partial charge in [0, 0.05) is 4.47 Å². The minimum atomic E-state index is -4.29. The maximum Gasteiger partial charge on any atom is 0.265 e. The minimum Gasteiger partial charge on any atom is -0.505 e. The normalized spacial score (nSPS) is 12.4. The first-order valence-corrected chi connectivity index (χ1v) is 10.3. The monoisotopic (exact) mass is 471 g/mol. The van der Waals surface area contributed by atoms with Crippen molar-refractivity contribution in [2.45, 2.75) is 11.8 Å². The van der Waals surface area contributed by atoms with Crippen molar-refractivity contribution in [1.29, 1.82) is 0 Å². The van der Waals surface area contributed by atoms with Gasteiger partial charge in [-0.1, -0.05) is 64.5 Å². The molecule has 27 heavy (non-hydrogen) atoms. The number of hydrogen-bond donors (Lipinski definition) is 2. The topological polar surface area (TPSA) is 66.4 Å². The third-order valence-electron chi connectivity index (χ3n) is 3.47. The molecule has 4 nitrogen and oxygen atoms in total. The number of allylic oxidation sites excluding steroid dienone is 5. The summed E-state index contributed by atoms with van der Waals surface area (Å²) in [4.78, 5) is -0.470. The standard InChI is InChI=1S/C19H16BrClFNO3S/c1-3-5-12(6-4-2)13-7-8-16(22)17(9-13)23-27(25,26)18-11-14(20)10-15(21)19(18)24/h3-11,23-24H,1H2,2H3/b6-4-,12-5+. The second-order valence-corrected chi connectivity index (χ2v) is 8.37. The number of aromatic hydroxyl groups is 1. The molecule has 2 N–H and O–H groups in total. The van der Waals surface area contributed by atoms with Gasteiger partial charge in [0.25, 0.3) is 10.0 Å². The fourth-order valence-corrected chi connectivity index (χ4v) is 4.50. The fraction of sp³-hybridized carbons (Fsp3) is 0.0526. The van der Waals surface area contributed by atoms with E-state index in [1.807, 2.05) is 6.92 Å². The van der Waals surface area contributed by atoms with Gasteiger partial charge < -0.3 is 5.11 Å². The van der Waals surface area contributed by atoms with Crippen molar-refractivity contribution >= 4 is 48.8 Å². The Kier molecular flexibility index (Phi) is 6.86. The third kappa shape index (κ3) is 5.00. The lowest BCUT2D eigenvalue weighted by molar-refractivity contribution is 0.459. The van der Waals surface area contributed by atoms with E-state index in [-0.39, 0.29) is 10.7 Å². The molecule has 0 saturated carbocycles. The average Bonchev–Trinajstić information content (AvgIpc) is 2.59. The van der Waals surface area contributed by atoms with Crippen LogP contribution >= 0.6 is 27.5 Å². The van der Waals surface area contributed by atoms with Crippen LogP contribution in [0.5, 0.6) is 5.75 Å². The lowest BCUT2D eigenvalue weighted by atomic mass is 10.0. The highest BCUT2D eigenvalue weighted by Gasteiger charge is 2.23. The van der Waals surface area contributed by atoms with Crippen LogP contribution in [0.3, 0.4) is 0 Å². The van der Waals surface area contributed by atoms with Crippen LogP contribution in [0.1, 0.15) is 12.5 Å². The number of hydrogen-bond acceptors (Lipinski definition) is 3. The molecule has 8 heteroatoms. The zero-order chi connectivity index (χ0) is 20.2. The second kappa shape index (κ2) is 8.73. The van der Waals surface area contributed by atoms with Gasteiger partial charge >= 0.3 is 0 Å². The van der Waals surface area contributed by atoms with Gasteiger partial charge in [0.05, 0.1) is 10.7 Å². The molecule has 2 aromatic rings. The van der Waals surface area contributed by atoms with Gasteiger partial charge in [-0.3, -0.25) is 4.72 Å². The Morgan fingerprint density at radius 1 is 1.33 bits per heavy atom. The summed E-state index contributed by atoms with van der Waals surface area (Å²) < 4.78 is 42.0. The number of anilines is 1. The molecule has 0 unspecified atom stereocenters. The smallest absolute Gasteiger partial charge is 0.265 e. The summed E-state index contributed by atoms with van der Waals surface area (Å²) in [6.45, 7) is 5.46. The van der Waals surface area contributed by atoms with E-state index < -0.39 is 26.5 Å². The second-order valence-electron chi connectivity index (χ2n) is 5.39. The summed E-state index contributed by atoms with van der Waals surface area (Å²) in [5.41, 5.74) is 1.05. The molecule has 0 bridgehead atoms. The molecular formula is C19H16BrClFNO3S. The minimum absolute atomic E-state index is 0.150. The number of rotatable bonds is 6. The van der Waals surface area contributed by atoms with Crippen molar-refractivity contribution in [1.82, 2.24) is 0 Å². The highest BCUT2D eigenvalue weighted by Crippen LogP contribution is 2.35. The summed E-state index contributed by atoms with van der Waals surface area (Å²) in [7, 11) is -4.29. The van der Waals surface area contributed by atoms with E-state index in [1.54, 1.807) is 24.3 Å². The predicted molar refractivity (Wildman–Crippen MR) is 111 cm³/mol. The molecule has 0 aliphatic rings. The van der Waals surface area contributed by atoms with Crippen molar-refractivity contribution in [3.05, 3.63) is 82.1 Å². The third-order valence-corrected chi connectivity index (χ3v) is 5.60. The molecule has 142 valence electrons. The van der Waals surface area contributed by atoms with Crippen LogP contribution in [0.4, 0.5) is 10.1 Å². The van der Waals surface area contributed by atoms with E-state index in [4.69, 9.17) is 11.6 Å². The molecule has 2 rings (SSSR count). The van der Waals surface area contributed by atoms with Gasteiger partial charge in [-0.05, 0) is 42.3 Å². The Balaban J connectivity index is 2.52. The van der Waals surface area contributed by atoms with Crippen molar-refractivity contribution < 1.29 is 17.9 Å².